The molecule has 1 aromatic rings. The van der Waals surface area contributed by atoms with Gasteiger partial charge in [0.15, 0.2) is 0 Å². The second kappa shape index (κ2) is 5.92. The van der Waals surface area contributed by atoms with Crippen LogP contribution >= 0.6 is 0 Å². The lowest BCUT2D eigenvalue weighted by atomic mass is 10.0. The van der Waals surface area contributed by atoms with Crippen LogP contribution in [-0.2, 0) is 19.5 Å². The first-order valence-electron chi connectivity index (χ1n) is 6.79. The van der Waals surface area contributed by atoms with Crippen LogP contribution in [0.25, 0.3) is 0 Å². The third kappa shape index (κ3) is 3.37. The number of nitrogens with one attached hydrogen (secondary N) is 1. The summed E-state index contributed by atoms with van der Waals surface area (Å²) in [5.41, 5.74) is 7.48. The summed E-state index contributed by atoms with van der Waals surface area (Å²) >= 11 is 0. The van der Waals surface area contributed by atoms with Crippen LogP contribution in [0.4, 0.5) is 5.69 Å². The smallest absolute Gasteiger partial charge is 0.240 e. The fraction of sp³-hybridized carbons (Fsp3) is 0.571. The predicted molar refractivity (Wildman–Crippen MR) is 80.7 cm³/mol. The van der Waals surface area contributed by atoms with Crippen molar-refractivity contribution in [3.8, 4) is 0 Å². The summed E-state index contributed by atoms with van der Waals surface area (Å²) in [4.78, 5) is 0.174. The van der Waals surface area contributed by atoms with Gasteiger partial charge >= 0.3 is 0 Å². The average Bonchev–Trinajstić information content (AvgIpc) is 2.92. The monoisotopic (exact) mass is 314 g/mol. The molecule has 6 nitrogen and oxygen atoms in total. The van der Waals surface area contributed by atoms with Crippen LogP contribution in [0.1, 0.15) is 17.5 Å². The Morgan fingerprint density at radius 3 is 2.67 bits per heavy atom. The third-order valence-electron chi connectivity index (χ3n) is 4.08. The molecule has 0 aromatic heterocycles. The molecule has 0 radical (unpaired) electrons. The summed E-state index contributed by atoms with van der Waals surface area (Å²) in [5, 5.41) is 0. The molecule has 21 heavy (non-hydrogen) atoms. The van der Waals surface area contributed by atoms with Gasteiger partial charge in [-0.25, -0.2) is 13.1 Å². The Kier molecular flexibility index (Phi) is 4.57. The number of anilines is 1. The van der Waals surface area contributed by atoms with Crippen molar-refractivity contribution < 1.29 is 17.9 Å². The lowest BCUT2D eigenvalue weighted by Crippen LogP contribution is -2.44. The number of nitrogen functional groups attached to an aromatic ring is 1. The highest BCUT2D eigenvalue weighted by molar-refractivity contribution is 7.89. The zero-order chi connectivity index (χ0) is 15.7. The van der Waals surface area contributed by atoms with Crippen LogP contribution in [0.3, 0.4) is 0 Å². The third-order valence-corrected chi connectivity index (χ3v) is 5.46. The van der Waals surface area contributed by atoms with Crippen molar-refractivity contribution in [1.82, 2.24) is 4.72 Å². The van der Waals surface area contributed by atoms with Crippen LogP contribution in [0.2, 0.25) is 0 Å². The Hall–Kier alpha value is -1.15. The molecule has 118 valence electrons. The van der Waals surface area contributed by atoms with E-state index in [0.29, 0.717) is 25.3 Å². The van der Waals surface area contributed by atoms with E-state index in [1.54, 1.807) is 13.2 Å². The average molecular weight is 314 g/mol. The maximum atomic E-state index is 12.4. The first-order valence-corrected chi connectivity index (χ1v) is 8.27. The standard InChI is InChI=1S/C14H22N2O4S/c1-10-6-12(7-13(15)11(10)2)21(17,18)16-8-14(19-3)4-5-20-9-14/h6-7,16H,4-5,8-9,15H2,1-3H3. The quantitative estimate of drug-likeness (QED) is 0.790. The van der Waals surface area contributed by atoms with E-state index in [9.17, 15) is 8.42 Å². The van der Waals surface area contributed by atoms with Crippen LogP contribution < -0.4 is 10.5 Å². The fourth-order valence-electron chi connectivity index (χ4n) is 2.28. The highest BCUT2D eigenvalue weighted by Crippen LogP contribution is 2.24. The molecule has 0 spiro atoms. The molecule has 1 fully saturated rings. The molecule has 1 heterocycles. The number of hydrogen-bond donors (Lipinski definition) is 2. The molecule has 0 saturated carbocycles. The molecule has 0 bridgehead atoms. The van der Waals surface area contributed by atoms with Crippen molar-refractivity contribution in [2.45, 2.75) is 30.8 Å². The van der Waals surface area contributed by atoms with Crippen molar-refractivity contribution in [2.75, 3.05) is 32.6 Å². The van der Waals surface area contributed by atoms with Gasteiger partial charge < -0.3 is 15.2 Å². The SMILES string of the molecule is COC1(CNS(=O)(=O)c2cc(C)c(C)c(N)c2)CCOC1. The second-order valence-electron chi connectivity index (χ2n) is 5.47. The number of rotatable bonds is 5. The van der Waals surface area contributed by atoms with Gasteiger partial charge in [-0.2, -0.15) is 0 Å². The van der Waals surface area contributed by atoms with Crippen molar-refractivity contribution in [3.05, 3.63) is 23.3 Å². The Bertz CT molecular complexity index is 599. The van der Waals surface area contributed by atoms with E-state index in [4.69, 9.17) is 15.2 Å². The van der Waals surface area contributed by atoms with Crippen molar-refractivity contribution in [2.24, 2.45) is 0 Å². The number of benzene rings is 1. The molecule has 0 amide bonds. The first-order chi connectivity index (χ1) is 9.80. The molecule has 1 aliphatic rings. The Balaban J connectivity index is 2.19. The highest BCUT2D eigenvalue weighted by Gasteiger charge is 2.36. The van der Waals surface area contributed by atoms with Gasteiger partial charge in [-0.1, -0.05) is 0 Å². The minimum atomic E-state index is -3.62. The normalized spacial score (nSPS) is 22.6. The van der Waals surface area contributed by atoms with Gasteiger partial charge in [0.1, 0.15) is 5.60 Å². The second-order valence-corrected chi connectivity index (χ2v) is 7.24. The molecule has 1 saturated heterocycles. The number of hydrogen-bond acceptors (Lipinski definition) is 5. The van der Waals surface area contributed by atoms with Crippen LogP contribution in [-0.4, -0.2) is 40.9 Å². The summed E-state index contributed by atoms with van der Waals surface area (Å²) in [7, 11) is -2.06. The Morgan fingerprint density at radius 1 is 1.43 bits per heavy atom. The molecule has 1 aromatic carbocycles. The molecular weight excluding hydrogens is 292 g/mol. The summed E-state index contributed by atoms with van der Waals surface area (Å²) in [6.07, 6.45) is 0.668. The Labute approximate surface area is 125 Å². The van der Waals surface area contributed by atoms with Gasteiger partial charge in [-0.05, 0) is 37.1 Å². The molecule has 1 aliphatic heterocycles. The topological polar surface area (TPSA) is 90.7 Å². The lowest BCUT2D eigenvalue weighted by Gasteiger charge is -2.25. The molecule has 7 heteroatoms. The number of nitrogens with two attached hydrogens (primary N) is 1. The number of aryl methyl sites for hydroxylation is 1. The maximum absolute atomic E-state index is 12.4. The zero-order valence-corrected chi connectivity index (χ0v) is 13.4. The van der Waals surface area contributed by atoms with Crippen LogP contribution in [0.5, 0.6) is 0 Å². The van der Waals surface area contributed by atoms with Crippen LogP contribution in [0, 0.1) is 13.8 Å². The number of methoxy groups -OCH3 is 1. The number of ether oxygens (including phenoxy) is 2. The van der Waals surface area contributed by atoms with Gasteiger partial charge in [-0.15, -0.1) is 0 Å². The van der Waals surface area contributed by atoms with E-state index in [1.807, 2.05) is 13.8 Å². The van der Waals surface area contributed by atoms with E-state index < -0.39 is 15.6 Å². The number of sulfonamides is 1. The van der Waals surface area contributed by atoms with E-state index in [1.165, 1.54) is 6.07 Å². The molecule has 0 aliphatic carbocycles. The first kappa shape index (κ1) is 16.2. The van der Waals surface area contributed by atoms with Crippen LogP contribution in [0.15, 0.2) is 17.0 Å². The largest absolute Gasteiger partial charge is 0.398 e. The summed E-state index contributed by atoms with van der Waals surface area (Å²) in [6, 6.07) is 3.11. The molecular formula is C14H22N2O4S. The van der Waals surface area contributed by atoms with Crippen molar-refractivity contribution in [1.29, 1.82) is 0 Å². The van der Waals surface area contributed by atoms with Gasteiger partial charge in [-0.3, -0.25) is 0 Å². The summed E-state index contributed by atoms with van der Waals surface area (Å²) in [6.45, 7) is 4.85. The molecule has 2 rings (SSSR count). The molecule has 1 atom stereocenters. The predicted octanol–water partition coefficient (Wildman–Crippen LogP) is 0.969. The van der Waals surface area contributed by atoms with Gasteiger partial charge in [0.05, 0.1) is 11.5 Å². The molecule has 3 N–H and O–H groups in total. The fourth-order valence-corrected chi connectivity index (χ4v) is 3.51. The molecule has 1 unspecified atom stereocenters. The van der Waals surface area contributed by atoms with E-state index in [-0.39, 0.29) is 11.4 Å². The minimum Gasteiger partial charge on any atom is -0.398 e. The van der Waals surface area contributed by atoms with E-state index in [0.717, 1.165) is 11.1 Å². The zero-order valence-electron chi connectivity index (χ0n) is 12.6. The summed E-state index contributed by atoms with van der Waals surface area (Å²) in [5.74, 6) is 0. The maximum Gasteiger partial charge on any atom is 0.240 e. The minimum absolute atomic E-state index is 0.174. The summed E-state index contributed by atoms with van der Waals surface area (Å²) < 4.78 is 38.1. The van der Waals surface area contributed by atoms with E-state index >= 15 is 0 Å². The lowest BCUT2D eigenvalue weighted by molar-refractivity contribution is -0.0120. The van der Waals surface area contributed by atoms with Crippen molar-refractivity contribution >= 4 is 15.7 Å². The van der Waals surface area contributed by atoms with Gasteiger partial charge in [0.25, 0.3) is 0 Å². The van der Waals surface area contributed by atoms with E-state index in [2.05, 4.69) is 4.72 Å². The van der Waals surface area contributed by atoms with Gasteiger partial charge in [0.2, 0.25) is 10.0 Å². The highest BCUT2D eigenvalue weighted by atomic mass is 32.2. The van der Waals surface area contributed by atoms with Gasteiger partial charge in [0, 0.05) is 32.4 Å². The van der Waals surface area contributed by atoms with Crippen molar-refractivity contribution in [3.63, 3.8) is 0 Å². The Morgan fingerprint density at radius 2 is 2.14 bits per heavy atom.